The number of halogens is 1. The Labute approximate surface area is 197 Å². The highest BCUT2D eigenvalue weighted by molar-refractivity contribution is 9.10. The third-order valence-corrected chi connectivity index (χ3v) is 6.09. The Bertz CT molecular complexity index is 1130. The monoisotopic (exact) mass is 516 g/mol. The van der Waals surface area contributed by atoms with Gasteiger partial charge < -0.3 is 19.9 Å². The fraction of sp³-hybridized carbons (Fsp3) is 0.273. The van der Waals surface area contributed by atoms with Crippen molar-refractivity contribution in [1.82, 2.24) is 15.2 Å². The summed E-state index contributed by atoms with van der Waals surface area (Å²) in [5.74, 6) is 0.600. The molecule has 3 aromatic rings. The number of nitrogens with one attached hydrogen (secondary N) is 1. The predicted molar refractivity (Wildman–Crippen MR) is 125 cm³/mol. The molecule has 8 nitrogen and oxygen atoms in total. The number of para-hydroxylation sites is 1. The van der Waals surface area contributed by atoms with E-state index >= 15 is 0 Å². The van der Waals surface area contributed by atoms with Crippen molar-refractivity contribution in [2.45, 2.75) is 31.1 Å². The largest absolute Gasteiger partial charge is 0.481 e. The minimum absolute atomic E-state index is 0.349. The topological polar surface area (TPSA) is 106 Å². The maximum atomic E-state index is 11.0. The Morgan fingerprint density at radius 1 is 1.28 bits per heavy atom. The van der Waals surface area contributed by atoms with E-state index < -0.39 is 18.8 Å². The number of ether oxygens (including phenoxy) is 2. The lowest BCUT2D eigenvalue weighted by molar-refractivity contribution is -0.139. The molecule has 0 aliphatic carbocycles. The molecule has 0 spiro atoms. The van der Waals surface area contributed by atoms with Gasteiger partial charge in [-0.1, -0.05) is 53.2 Å². The molecule has 166 valence electrons. The summed E-state index contributed by atoms with van der Waals surface area (Å²) in [4.78, 5) is 15.6. The van der Waals surface area contributed by atoms with Gasteiger partial charge in [-0.25, -0.2) is 4.79 Å². The number of anilines is 1. The van der Waals surface area contributed by atoms with E-state index in [2.05, 4.69) is 43.4 Å². The normalized spacial score (nSPS) is 14.4. The molecule has 1 unspecified atom stereocenters. The second-order valence-corrected chi connectivity index (χ2v) is 8.98. The highest BCUT2D eigenvalue weighted by atomic mass is 79.9. The zero-order chi connectivity index (χ0) is 22.5. The zero-order valence-electron chi connectivity index (χ0n) is 17.2. The van der Waals surface area contributed by atoms with Gasteiger partial charge in [-0.05, 0) is 36.8 Å². The van der Waals surface area contributed by atoms with Crippen molar-refractivity contribution in [3.05, 3.63) is 52.5 Å². The molecule has 0 radical (unpaired) electrons. The molecule has 0 saturated heterocycles. The van der Waals surface area contributed by atoms with Gasteiger partial charge in [0.25, 0.3) is 0 Å². The van der Waals surface area contributed by atoms with E-state index in [0.717, 1.165) is 34.3 Å². The molecule has 2 aromatic carbocycles. The first-order valence-corrected chi connectivity index (χ1v) is 11.9. The molecule has 10 heteroatoms. The summed E-state index contributed by atoms with van der Waals surface area (Å²) >= 11 is 5.05. The molecule has 0 amide bonds. The Morgan fingerprint density at radius 3 is 2.94 bits per heavy atom. The molecule has 1 atom stereocenters. The fourth-order valence-corrected chi connectivity index (χ4v) is 4.37. The number of unbranched alkanes of at least 4 members (excludes halogenated alkanes) is 1. The third-order valence-electron chi connectivity index (χ3n) is 4.67. The molecule has 0 saturated carbocycles. The van der Waals surface area contributed by atoms with Gasteiger partial charge in [-0.3, -0.25) is 0 Å². The fourth-order valence-electron chi connectivity index (χ4n) is 3.15. The van der Waals surface area contributed by atoms with E-state index in [-0.39, 0.29) is 0 Å². The minimum atomic E-state index is -1.05. The minimum Gasteiger partial charge on any atom is -0.481 e. The average molecular weight is 517 g/mol. The van der Waals surface area contributed by atoms with E-state index in [1.807, 2.05) is 30.3 Å². The van der Waals surface area contributed by atoms with Gasteiger partial charge in [0.2, 0.25) is 17.3 Å². The SMILES string of the molecule is CCCCSc1nnc2c(n1)OC(c1ccccc1OCC(=O)O)Nc1ccc(Br)cc1-2. The van der Waals surface area contributed by atoms with E-state index in [1.165, 1.54) is 11.8 Å². The van der Waals surface area contributed by atoms with Crippen LogP contribution in [0.5, 0.6) is 11.6 Å². The number of carboxylic acids is 1. The van der Waals surface area contributed by atoms with E-state index in [1.54, 1.807) is 12.1 Å². The highest BCUT2D eigenvalue weighted by Crippen LogP contribution is 2.42. The van der Waals surface area contributed by atoms with E-state index in [9.17, 15) is 4.79 Å². The Kier molecular flexibility index (Phi) is 7.11. The van der Waals surface area contributed by atoms with E-state index in [4.69, 9.17) is 14.6 Å². The van der Waals surface area contributed by atoms with Crippen LogP contribution in [0, 0.1) is 0 Å². The van der Waals surface area contributed by atoms with Crippen LogP contribution in [0.2, 0.25) is 0 Å². The van der Waals surface area contributed by atoms with Gasteiger partial charge >= 0.3 is 5.97 Å². The second-order valence-electron chi connectivity index (χ2n) is 7.00. The van der Waals surface area contributed by atoms with Crippen molar-refractivity contribution < 1.29 is 19.4 Å². The first kappa shape index (κ1) is 22.3. The first-order chi connectivity index (χ1) is 15.5. The van der Waals surface area contributed by atoms with Gasteiger partial charge in [-0.2, -0.15) is 4.98 Å². The van der Waals surface area contributed by atoms with Gasteiger partial charge in [0.05, 0.1) is 5.56 Å². The molecule has 1 aliphatic rings. The standard InChI is InChI=1S/C22H21BrN4O4S/c1-2-3-10-32-22-25-21-19(26-27-22)15-11-13(23)8-9-16(15)24-20(31-21)14-6-4-5-7-17(14)30-12-18(28)29/h4-9,11,20,24H,2-3,10,12H2,1H3,(H,28,29). The smallest absolute Gasteiger partial charge is 0.341 e. The Morgan fingerprint density at radius 2 is 2.12 bits per heavy atom. The Balaban J connectivity index is 1.75. The van der Waals surface area contributed by atoms with Gasteiger partial charge in [-0.15, -0.1) is 10.2 Å². The quantitative estimate of drug-likeness (QED) is 0.310. The van der Waals surface area contributed by atoms with Crippen LogP contribution in [0.15, 0.2) is 52.1 Å². The first-order valence-electron chi connectivity index (χ1n) is 10.1. The zero-order valence-corrected chi connectivity index (χ0v) is 19.6. The number of hydrogen-bond donors (Lipinski definition) is 2. The summed E-state index contributed by atoms with van der Waals surface area (Å²) in [5.41, 5.74) is 2.76. The summed E-state index contributed by atoms with van der Waals surface area (Å²) < 4.78 is 12.7. The number of nitrogens with zero attached hydrogens (tertiary/aromatic N) is 3. The summed E-state index contributed by atoms with van der Waals surface area (Å²) in [6, 6.07) is 12.9. The average Bonchev–Trinajstić information content (AvgIpc) is 2.94. The highest BCUT2D eigenvalue weighted by Gasteiger charge is 2.28. The van der Waals surface area contributed by atoms with Crippen LogP contribution in [0.25, 0.3) is 11.3 Å². The molecular weight excluding hydrogens is 496 g/mol. The second kappa shape index (κ2) is 10.2. The number of benzene rings is 2. The number of aliphatic carboxylic acids is 1. The van der Waals surface area contributed by atoms with Crippen molar-refractivity contribution in [1.29, 1.82) is 0 Å². The van der Waals surface area contributed by atoms with Crippen molar-refractivity contribution in [3.8, 4) is 22.9 Å². The van der Waals surface area contributed by atoms with Crippen molar-refractivity contribution in [3.63, 3.8) is 0 Å². The van der Waals surface area contributed by atoms with Crippen LogP contribution in [-0.4, -0.2) is 38.6 Å². The van der Waals surface area contributed by atoms with Gasteiger partial charge in [0.1, 0.15) is 5.75 Å². The van der Waals surface area contributed by atoms with Crippen LogP contribution < -0.4 is 14.8 Å². The van der Waals surface area contributed by atoms with Crippen molar-refractivity contribution in [2.24, 2.45) is 0 Å². The van der Waals surface area contributed by atoms with Crippen LogP contribution >= 0.6 is 27.7 Å². The number of hydrogen-bond acceptors (Lipinski definition) is 8. The predicted octanol–water partition coefficient (Wildman–Crippen LogP) is 5.16. The molecule has 1 aromatic heterocycles. The molecule has 0 fully saturated rings. The molecule has 1 aliphatic heterocycles. The van der Waals surface area contributed by atoms with Crippen LogP contribution in [0.4, 0.5) is 5.69 Å². The van der Waals surface area contributed by atoms with Crippen LogP contribution in [-0.2, 0) is 4.79 Å². The maximum Gasteiger partial charge on any atom is 0.341 e. The molecule has 4 rings (SSSR count). The summed E-state index contributed by atoms with van der Waals surface area (Å²) in [7, 11) is 0. The van der Waals surface area contributed by atoms with Crippen molar-refractivity contribution >= 4 is 39.3 Å². The number of aromatic nitrogens is 3. The lowest BCUT2D eigenvalue weighted by Gasteiger charge is -2.21. The Hall–Kier alpha value is -2.85. The lowest BCUT2D eigenvalue weighted by Crippen LogP contribution is -2.19. The molecule has 0 bridgehead atoms. The maximum absolute atomic E-state index is 11.0. The van der Waals surface area contributed by atoms with Gasteiger partial charge in [0, 0.05) is 21.5 Å². The number of carbonyl (C=O) groups is 1. The molecule has 2 heterocycles. The molecule has 2 N–H and O–H groups in total. The van der Waals surface area contributed by atoms with Crippen LogP contribution in [0.3, 0.4) is 0 Å². The number of carboxylic acid groups (broad SMARTS) is 1. The summed E-state index contributed by atoms with van der Waals surface area (Å²) in [5, 5.41) is 21.6. The summed E-state index contributed by atoms with van der Waals surface area (Å²) in [6.45, 7) is 1.68. The number of fused-ring (bicyclic) bond motifs is 3. The number of rotatable bonds is 8. The van der Waals surface area contributed by atoms with E-state index in [0.29, 0.717) is 28.0 Å². The molecule has 32 heavy (non-hydrogen) atoms. The van der Waals surface area contributed by atoms with Crippen molar-refractivity contribution in [2.75, 3.05) is 17.7 Å². The lowest BCUT2D eigenvalue weighted by atomic mass is 10.1. The van der Waals surface area contributed by atoms with Crippen LogP contribution in [0.1, 0.15) is 31.6 Å². The number of thioether (sulfide) groups is 1. The van der Waals surface area contributed by atoms with Gasteiger partial charge in [0.15, 0.2) is 12.3 Å². The molecular formula is C22H21BrN4O4S. The summed E-state index contributed by atoms with van der Waals surface area (Å²) in [6.07, 6.45) is 1.47. The third kappa shape index (κ3) is 5.13.